The summed E-state index contributed by atoms with van der Waals surface area (Å²) in [4.78, 5) is 0. The molecule has 0 spiro atoms. The molecule has 0 radical (unpaired) electrons. The molecule has 3 aliphatic carbocycles. The van der Waals surface area contributed by atoms with E-state index >= 15 is 0 Å². The first-order chi connectivity index (χ1) is 10.8. The van der Waals surface area contributed by atoms with E-state index in [1.54, 1.807) is 0 Å². The molecule has 6 rings (SSSR count). The lowest BCUT2D eigenvalue weighted by Crippen LogP contribution is -2.27. The lowest BCUT2D eigenvalue weighted by molar-refractivity contribution is 0.754. The molecule has 3 aliphatic rings. The highest BCUT2D eigenvalue weighted by Gasteiger charge is 2.42. The third kappa shape index (κ3) is 1.45. The molecule has 0 heterocycles. The van der Waals surface area contributed by atoms with Crippen molar-refractivity contribution in [2.45, 2.75) is 11.8 Å². The van der Waals surface area contributed by atoms with Crippen LogP contribution in [0.3, 0.4) is 0 Å². The molecule has 3 aromatic carbocycles. The SMILES string of the molecule is Clc1ccc2c(c1Cl)C1c3ccccc3C2c2ccccc21. The van der Waals surface area contributed by atoms with Gasteiger partial charge < -0.3 is 0 Å². The largest absolute Gasteiger partial charge is 0.0827 e. The predicted octanol–water partition coefficient (Wildman–Crippen LogP) is 5.98. The minimum absolute atomic E-state index is 0.193. The van der Waals surface area contributed by atoms with Crippen LogP contribution in [-0.2, 0) is 0 Å². The van der Waals surface area contributed by atoms with E-state index in [0.29, 0.717) is 10.0 Å². The Morgan fingerprint density at radius 1 is 0.545 bits per heavy atom. The molecule has 0 atom stereocenters. The van der Waals surface area contributed by atoms with E-state index in [2.05, 4.69) is 54.6 Å². The Labute approximate surface area is 139 Å². The molecular formula is C20H12Cl2. The van der Waals surface area contributed by atoms with Gasteiger partial charge in [-0.3, -0.25) is 0 Å². The van der Waals surface area contributed by atoms with Crippen LogP contribution >= 0.6 is 23.2 Å². The highest BCUT2D eigenvalue weighted by Crippen LogP contribution is 2.57. The first-order valence-corrected chi connectivity index (χ1v) is 8.18. The van der Waals surface area contributed by atoms with Crippen LogP contribution in [0.5, 0.6) is 0 Å². The van der Waals surface area contributed by atoms with Gasteiger partial charge in [0.05, 0.1) is 10.0 Å². The van der Waals surface area contributed by atoms with Crippen molar-refractivity contribution in [3.05, 3.63) is 104 Å². The average Bonchev–Trinajstić information content (AvgIpc) is 2.58. The van der Waals surface area contributed by atoms with Gasteiger partial charge in [-0.25, -0.2) is 0 Å². The summed E-state index contributed by atoms with van der Waals surface area (Å²) in [5, 5.41) is 1.35. The van der Waals surface area contributed by atoms with Crippen molar-refractivity contribution in [3.63, 3.8) is 0 Å². The molecule has 3 aromatic rings. The van der Waals surface area contributed by atoms with Gasteiger partial charge in [-0.05, 0) is 39.4 Å². The number of hydrogen-bond acceptors (Lipinski definition) is 0. The molecule has 0 amide bonds. The van der Waals surface area contributed by atoms with Gasteiger partial charge in [0.15, 0.2) is 0 Å². The summed E-state index contributed by atoms with van der Waals surface area (Å²) >= 11 is 12.9. The van der Waals surface area contributed by atoms with Crippen LogP contribution in [0.15, 0.2) is 60.7 Å². The summed E-state index contributed by atoms with van der Waals surface area (Å²) in [6, 6.07) is 21.5. The molecular weight excluding hydrogens is 311 g/mol. The van der Waals surface area contributed by atoms with Crippen molar-refractivity contribution in [2.24, 2.45) is 0 Å². The molecule has 2 bridgehead atoms. The third-order valence-electron chi connectivity index (χ3n) is 5.00. The van der Waals surface area contributed by atoms with Crippen molar-refractivity contribution >= 4 is 23.2 Å². The van der Waals surface area contributed by atoms with Gasteiger partial charge in [0.2, 0.25) is 0 Å². The van der Waals surface area contributed by atoms with Gasteiger partial charge in [0.25, 0.3) is 0 Å². The van der Waals surface area contributed by atoms with Crippen molar-refractivity contribution in [1.29, 1.82) is 0 Å². The van der Waals surface area contributed by atoms with E-state index in [9.17, 15) is 0 Å². The topological polar surface area (TPSA) is 0 Å². The van der Waals surface area contributed by atoms with Crippen LogP contribution in [0.25, 0.3) is 0 Å². The van der Waals surface area contributed by atoms with Crippen molar-refractivity contribution in [1.82, 2.24) is 0 Å². The lowest BCUT2D eigenvalue weighted by Gasteiger charge is -2.42. The summed E-state index contributed by atoms with van der Waals surface area (Å²) < 4.78 is 0. The first-order valence-electron chi connectivity index (χ1n) is 7.43. The van der Waals surface area contributed by atoms with Crippen molar-refractivity contribution in [2.75, 3.05) is 0 Å². The van der Waals surface area contributed by atoms with Crippen LogP contribution in [-0.4, -0.2) is 0 Å². The Hall–Kier alpha value is -1.76. The van der Waals surface area contributed by atoms with Gasteiger partial charge >= 0.3 is 0 Å². The second kappa shape index (κ2) is 4.38. The highest BCUT2D eigenvalue weighted by molar-refractivity contribution is 6.42. The number of rotatable bonds is 0. The zero-order chi connectivity index (χ0) is 14.8. The molecule has 0 aliphatic heterocycles. The minimum atomic E-state index is 0.193. The van der Waals surface area contributed by atoms with Gasteiger partial charge in [0, 0.05) is 11.8 Å². The number of halogens is 2. The first kappa shape index (κ1) is 12.8. The maximum absolute atomic E-state index is 6.61. The molecule has 0 saturated carbocycles. The molecule has 22 heavy (non-hydrogen) atoms. The zero-order valence-electron chi connectivity index (χ0n) is 11.7. The molecule has 2 heteroatoms. The van der Waals surface area contributed by atoms with E-state index in [-0.39, 0.29) is 11.8 Å². The average molecular weight is 323 g/mol. The Kier molecular flexibility index (Phi) is 2.54. The molecule has 106 valence electrons. The Bertz CT molecular complexity index is 879. The summed E-state index contributed by atoms with van der Waals surface area (Å²) in [6.45, 7) is 0. The zero-order valence-corrected chi connectivity index (χ0v) is 13.2. The molecule has 0 unspecified atom stereocenters. The van der Waals surface area contributed by atoms with Crippen LogP contribution in [0.2, 0.25) is 10.0 Å². The van der Waals surface area contributed by atoms with Crippen molar-refractivity contribution in [3.8, 4) is 0 Å². The van der Waals surface area contributed by atoms with Crippen LogP contribution in [0, 0.1) is 0 Å². The highest BCUT2D eigenvalue weighted by atomic mass is 35.5. The van der Waals surface area contributed by atoms with E-state index in [1.807, 2.05) is 6.07 Å². The quantitative estimate of drug-likeness (QED) is 0.329. The fraction of sp³-hybridized carbons (Fsp3) is 0.100. The van der Waals surface area contributed by atoms with E-state index < -0.39 is 0 Å². The number of benzene rings is 3. The lowest BCUT2D eigenvalue weighted by atomic mass is 9.61. The molecule has 0 saturated heterocycles. The van der Waals surface area contributed by atoms with E-state index in [1.165, 1.54) is 33.4 Å². The van der Waals surface area contributed by atoms with Crippen LogP contribution in [0.1, 0.15) is 45.2 Å². The maximum atomic E-state index is 6.61. The standard InChI is InChI=1S/C20H12Cl2/c21-16-10-9-15-17-11-5-1-3-7-13(11)18(19(15)20(16)22)14-8-4-2-6-12(14)17/h1-10,17-18H. The fourth-order valence-electron chi connectivity index (χ4n) is 4.18. The Balaban J connectivity index is 1.94. The minimum Gasteiger partial charge on any atom is -0.0827 e. The smallest absolute Gasteiger partial charge is 0.0637 e. The van der Waals surface area contributed by atoms with Gasteiger partial charge in [-0.2, -0.15) is 0 Å². The van der Waals surface area contributed by atoms with Crippen molar-refractivity contribution < 1.29 is 0 Å². The van der Waals surface area contributed by atoms with E-state index in [0.717, 1.165) is 0 Å². The van der Waals surface area contributed by atoms with Crippen LogP contribution in [0.4, 0.5) is 0 Å². The summed E-state index contributed by atoms with van der Waals surface area (Å²) in [7, 11) is 0. The third-order valence-corrected chi connectivity index (χ3v) is 5.82. The second-order valence-corrected chi connectivity index (χ2v) is 6.77. The van der Waals surface area contributed by atoms with E-state index in [4.69, 9.17) is 23.2 Å². The molecule has 0 nitrogen and oxygen atoms in total. The molecule has 0 fully saturated rings. The number of hydrogen-bond donors (Lipinski definition) is 0. The molecule has 0 N–H and O–H groups in total. The summed E-state index contributed by atoms with van der Waals surface area (Å²) in [6.07, 6.45) is 0. The monoisotopic (exact) mass is 322 g/mol. The van der Waals surface area contributed by atoms with Gasteiger partial charge in [0.1, 0.15) is 0 Å². The maximum Gasteiger partial charge on any atom is 0.0637 e. The Morgan fingerprint density at radius 2 is 1.05 bits per heavy atom. The summed E-state index contributed by atoms with van der Waals surface area (Å²) in [5.41, 5.74) is 8.02. The predicted molar refractivity (Wildman–Crippen MR) is 91.2 cm³/mol. The van der Waals surface area contributed by atoms with Gasteiger partial charge in [-0.1, -0.05) is 77.8 Å². The Morgan fingerprint density at radius 3 is 1.59 bits per heavy atom. The second-order valence-electron chi connectivity index (χ2n) is 5.99. The normalized spacial score (nSPS) is 20.3. The van der Waals surface area contributed by atoms with Gasteiger partial charge in [-0.15, -0.1) is 0 Å². The molecule has 0 aromatic heterocycles. The summed E-state index contributed by atoms with van der Waals surface area (Å²) in [5.74, 6) is 0.459. The fourth-order valence-corrected chi connectivity index (χ4v) is 4.63. The van der Waals surface area contributed by atoms with Crippen LogP contribution < -0.4 is 0 Å².